The van der Waals surface area contributed by atoms with Crippen LogP contribution in [0.4, 0.5) is 11.4 Å². The number of ether oxygens (including phenoxy) is 2. The molecule has 1 fully saturated rings. The Morgan fingerprint density at radius 3 is 2.56 bits per heavy atom. The van der Waals surface area contributed by atoms with Crippen LogP contribution in [-0.4, -0.2) is 73.4 Å². The summed E-state index contributed by atoms with van der Waals surface area (Å²) in [5.74, 6) is -0.570. The molecule has 63 heavy (non-hydrogen) atoms. The van der Waals surface area contributed by atoms with Gasteiger partial charge in [-0.25, -0.2) is 18.1 Å². The number of carbonyl (C=O) groups excluding carboxylic acids is 1. The number of pyridine rings is 1. The maximum atomic E-state index is 14.0. The molecule has 0 saturated carbocycles. The number of aromatic nitrogens is 2. The third-order valence-corrected chi connectivity index (χ3v) is 14.0. The van der Waals surface area contributed by atoms with E-state index in [0.29, 0.717) is 17.0 Å². The number of allylic oxidation sites excluding steroid dienone is 1. The SMILES string of the molecule is CC1(C)CCC(CN2CCN(c3ccc(C(=O)NS(=O)(=O)c4cc5c(c([N+](=O)[O-])c4)C[C@@H](c4ccccc4)CO5)c(Oc4cnc5[nH]ccc5c4)c3)CC2)=C(c2ccc(Cl)cc2)C1. The van der Waals surface area contributed by atoms with Crippen LogP contribution >= 0.6 is 11.6 Å². The lowest BCUT2D eigenvalue weighted by Gasteiger charge is -2.39. The molecule has 4 aromatic carbocycles. The zero-order chi connectivity index (χ0) is 43.9. The molecule has 6 aromatic rings. The topological polar surface area (TPSA) is 160 Å². The predicted molar refractivity (Wildman–Crippen MR) is 243 cm³/mol. The molecule has 4 heterocycles. The van der Waals surface area contributed by atoms with Crippen molar-refractivity contribution in [1.29, 1.82) is 0 Å². The number of H-pyrrole nitrogens is 1. The number of sulfonamides is 1. The second-order valence-electron chi connectivity index (χ2n) is 17.3. The lowest BCUT2D eigenvalue weighted by Crippen LogP contribution is -2.47. The van der Waals surface area contributed by atoms with E-state index in [1.54, 1.807) is 30.5 Å². The maximum absolute atomic E-state index is 14.0. The summed E-state index contributed by atoms with van der Waals surface area (Å²) in [6.07, 6.45) is 6.76. The van der Waals surface area contributed by atoms with Gasteiger partial charge < -0.3 is 19.4 Å². The van der Waals surface area contributed by atoms with Crippen LogP contribution in [0.2, 0.25) is 5.02 Å². The average molecular weight is 887 g/mol. The van der Waals surface area contributed by atoms with E-state index in [1.807, 2.05) is 48.5 Å². The van der Waals surface area contributed by atoms with Gasteiger partial charge in [-0.3, -0.25) is 19.8 Å². The summed E-state index contributed by atoms with van der Waals surface area (Å²) in [6, 6.07) is 28.6. The van der Waals surface area contributed by atoms with Gasteiger partial charge in [-0.05, 0) is 84.2 Å². The summed E-state index contributed by atoms with van der Waals surface area (Å²) < 4.78 is 42.2. The Morgan fingerprint density at radius 1 is 1.02 bits per heavy atom. The Hall–Kier alpha value is -6.22. The van der Waals surface area contributed by atoms with Crippen LogP contribution in [-0.2, 0) is 16.4 Å². The van der Waals surface area contributed by atoms with Crippen molar-refractivity contribution in [3.8, 4) is 17.2 Å². The molecule has 9 rings (SSSR count). The average Bonchev–Trinajstić information content (AvgIpc) is 3.75. The van der Waals surface area contributed by atoms with Crippen molar-refractivity contribution in [2.45, 2.75) is 50.3 Å². The van der Waals surface area contributed by atoms with Gasteiger partial charge in [0.2, 0.25) is 0 Å². The van der Waals surface area contributed by atoms with E-state index >= 15 is 0 Å². The first-order chi connectivity index (χ1) is 30.3. The van der Waals surface area contributed by atoms with E-state index in [9.17, 15) is 23.3 Å². The van der Waals surface area contributed by atoms with Gasteiger partial charge >= 0.3 is 0 Å². The molecule has 2 aliphatic heterocycles. The number of amides is 1. The van der Waals surface area contributed by atoms with Gasteiger partial charge in [0, 0.05) is 79.1 Å². The molecule has 0 radical (unpaired) electrons. The Labute approximate surface area is 370 Å². The Balaban J connectivity index is 0.955. The number of piperazine rings is 1. The summed E-state index contributed by atoms with van der Waals surface area (Å²) in [5, 5.41) is 13.8. The first-order valence-electron chi connectivity index (χ1n) is 21.0. The smallest absolute Gasteiger partial charge is 0.277 e. The van der Waals surface area contributed by atoms with Gasteiger partial charge in [0.25, 0.3) is 21.6 Å². The van der Waals surface area contributed by atoms with Crippen LogP contribution < -0.4 is 19.1 Å². The molecule has 13 nitrogen and oxygen atoms in total. The van der Waals surface area contributed by atoms with Crippen molar-refractivity contribution in [3.63, 3.8) is 0 Å². The van der Waals surface area contributed by atoms with Crippen molar-refractivity contribution in [3.05, 3.63) is 152 Å². The summed E-state index contributed by atoms with van der Waals surface area (Å²) in [5.41, 5.74) is 6.58. The highest BCUT2D eigenvalue weighted by Crippen LogP contribution is 2.44. The largest absolute Gasteiger partial charge is 0.492 e. The van der Waals surface area contributed by atoms with Crippen LogP contribution in [0.3, 0.4) is 0 Å². The summed E-state index contributed by atoms with van der Waals surface area (Å²) in [7, 11) is -4.63. The number of nitro groups is 1. The Bertz CT molecular complexity index is 2860. The minimum atomic E-state index is -4.63. The maximum Gasteiger partial charge on any atom is 0.277 e. The molecular formula is C48H47ClN6O7S. The third kappa shape index (κ3) is 9.15. The van der Waals surface area contributed by atoms with Crippen molar-refractivity contribution >= 4 is 55.5 Å². The van der Waals surface area contributed by atoms with Crippen molar-refractivity contribution in [2.24, 2.45) is 5.41 Å². The molecule has 0 bridgehead atoms. The van der Waals surface area contributed by atoms with Crippen molar-refractivity contribution in [2.75, 3.05) is 44.2 Å². The molecule has 1 aliphatic carbocycles. The van der Waals surface area contributed by atoms with E-state index in [0.717, 1.165) is 79.7 Å². The number of fused-ring (bicyclic) bond motifs is 2. The molecular weight excluding hydrogens is 840 g/mol. The second kappa shape index (κ2) is 17.2. The van der Waals surface area contributed by atoms with Crippen LogP contribution in [0, 0.1) is 15.5 Å². The first kappa shape index (κ1) is 42.1. The zero-order valence-corrected chi connectivity index (χ0v) is 36.5. The predicted octanol–water partition coefficient (Wildman–Crippen LogP) is 9.54. The zero-order valence-electron chi connectivity index (χ0n) is 35.0. The molecule has 1 saturated heterocycles. The number of hydrogen-bond donors (Lipinski definition) is 2. The number of rotatable bonds is 11. The minimum Gasteiger partial charge on any atom is -0.492 e. The van der Waals surface area contributed by atoms with E-state index in [4.69, 9.17) is 21.1 Å². The number of benzene rings is 4. The van der Waals surface area contributed by atoms with E-state index in [-0.39, 0.29) is 41.4 Å². The first-order valence-corrected chi connectivity index (χ1v) is 22.9. The number of nitro benzene ring substituents is 1. The molecule has 324 valence electrons. The molecule has 0 unspecified atom stereocenters. The molecule has 1 atom stereocenters. The van der Waals surface area contributed by atoms with E-state index in [1.165, 1.54) is 29.0 Å². The molecule has 0 spiro atoms. The van der Waals surface area contributed by atoms with Gasteiger partial charge in [-0.2, -0.15) is 0 Å². The summed E-state index contributed by atoms with van der Waals surface area (Å²) in [6.45, 7) is 8.82. The number of halogens is 1. The van der Waals surface area contributed by atoms with E-state index in [2.05, 4.69) is 50.5 Å². The highest BCUT2D eigenvalue weighted by Gasteiger charge is 2.34. The minimum absolute atomic E-state index is 0.0496. The van der Waals surface area contributed by atoms with Crippen molar-refractivity contribution < 1.29 is 27.6 Å². The fourth-order valence-electron chi connectivity index (χ4n) is 8.91. The van der Waals surface area contributed by atoms with E-state index < -0.39 is 31.4 Å². The summed E-state index contributed by atoms with van der Waals surface area (Å²) >= 11 is 6.25. The number of nitrogens with zero attached hydrogens (tertiary/aromatic N) is 4. The quantitative estimate of drug-likeness (QED) is 0.0948. The normalized spacial score (nSPS) is 17.8. The van der Waals surface area contributed by atoms with Crippen LogP contribution in [0.5, 0.6) is 17.2 Å². The summed E-state index contributed by atoms with van der Waals surface area (Å²) in [4.78, 5) is 37.5. The number of hydrogen-bond acceptors (Lipinski definition) is 10. The van der Waals surface area contributed by atoms with Gasteiger partial charge in [0.15, 0.2) is 0 Å². The monoisotopic (exact) mass is 886 g/mol. The third-order valence-electron chi connectivity index (χ3n) is 12.4. The van der Waals surface area contributed by atoms with Gasteiger partial charge in [0.05, 0.1) is 33.7 Å². The lowest BCUT2D eigenvalue weighted by atomic mass is 9.72. The molecule has 1 amide bonds. The Morgan fingerprint density at radius 2 is 1.79 bits per heavy atom. The number of aromatic amines is 1. The lowest BCUT2D eigenvalue weighted by molar-refractivity contribution is -0.386. The number of carbonyl (C=O) groups is 1. The molecule has 3 aliphatic rings. The molecule has 2 aromatic heterocycles. The molecule has 2 N–H and O–H groups in total. The highest BCUT2D eigenvalue weighted by molar-refractivity contribution is 7.90. The van der Waals surface area contributed by atoms with Crippen molar-refractivity contribution in [1.82, 2.24) is 19.6 Å². The number of anilines is 1. The fourth-order valence-corrected chi connectivity index (χ4v) is 10.0. The highest BCUT2D eigenvalue weighted by atomic mass is 35.5. The Kier molecular flexibility index (Phi) is 11.5. The molecule has 15 heteroatoms. The van der Waals surface area contributed by atoms with Gasteiger partial charge in [-0.1, -0.05) is 73.5 Å². The van der Waals surface area contributed by atoms with Crippen LogP contribution in [0.1, 0.15) is 66.1 Å². The van der Waals surface area contributed by atoms with Gasteiger partial charge in [0.1, 0.15) is 22.9 Å². The standard InChI is InChI=1S/C48H47ClN6O7S/c1-48(2)16-14-34(42(27-48)32-8-10-36(49)11-9-32)29-53-18-20-54(21-19-53)37-12-13-40(45(24-37)62-38-22-33-15-17-50-46(33)51-28-38)47(56)52-63(59,60)39-25-43(55(57)58)41-23-35(30-61-44(41)26-39)31-6-4-3-5-7-31/h3-13,15,17,22,24-26,28,35H,14,16,18-21,23,27,29-30H2,1-2H3,(H,50,51)(H,52,56)/t35-/m1/s1. The number of nitrogens with one attached hydrogen (secondary N) is 2. The second-order valence-corrected chi connectivity index (χ2v) is 19.4. The van der Waals surface area contributed by atoms with Crippen LogP contribution in [0.25, 0.3) is 16.6 Å². The van der Waals surface area contributed by atoms with Gasteiger partial charge in [-0.15, -0.1) is 0 Å². The van der Waals surface area contributed by atoms with Crippen LogP contribution in [0.15, 0.2) is 120 Å². The fraction of sp³-hybridized carbons (Fsp3) is 0.292.